The van der Waals surface area contributed by atoms with E-state index in [1.807, 2.05) is 31.2 Å². The van der Waals surface area contributed by atoms with Crippen molar-refractivity contribution in [1.82, 2.24) is 9.97 Å². The molecule has 0 fully saturated rings. The number of carbonyl (C=O) groups is 1. The molecule has 0 atom stereocenters. The summed E-state index contributed by atoms with van der Waals surface area (Å²) in [5.41, 5.74) is 8.00. The van der Waals surface area contributed by atoms with Crippen molar-refractivity contribution < 1.29 is 4.79 Å². The van der Waals surface area contributed by atoms with Crippen molar-refractivity contribution in [3.8, 4) is 0 Å². The minimum Gasteiger partial charge on any atom is -0.330 e. The third-order valence-electron chi connectivity index (χ3n) is 3.04. The van der Waals surface area contributed by atoms with E-state index in [-0.39, 0.29) is 5.91 Å². The topological polar surface area (TPSA) is 72.1 Å². The van der Waals surface area contributed by atoms with Gasteiger partial charge in [0.15, 0.2) is 0 Å². The van der Waals surface area contributed by atoms with Crippen LogP contribution < -0.4 is 10.6 Å². The molecular formula is C15H18N4O. The number of para-hydroxylation sites is 1. The van der Waals surface area contributed by atoms with Crippen LogP contribution >= 0.6 is 0 Å². The maximum Gasteiger partial charge on any atom is 0.261 e. The molecule has 0 unspecified atom stereocenters. The highest BCUT2D eigenvalue weighted by Crippen LogP contribution is 2.21. The van der Waals surface area contributed by atoms with Crippen molar-refractivity contribution in [2.75, 3.05) is 18.0 Å². The molecule has 0 radical (unpaired) electrons. The van der Waals surface area contributed by atoms with Crippen molar-refractivity contribution >= 4 is 11.6 Å². The van der Waals surface area contributed by atoms with Gasteiger partial charge < -0.3 is 10.6 Å². The molecule has 5 nitrogen and oxygen atoms in total. The van der Waals surface area contributed by atoms with Gasteiger partial charge in [-0.15, -0.1) is 0 Å². The first-order valence-corrected chi connectivity index (χ1v) is 6.56. The van der Waals surface area contributed by atoms with E-state index in [1.54, 1.807) is 4.90 Å². The summed E-state index contributed by atoms with van der Waals surface area (Å²) in [4.78, 5) is 22.1. The number of aromatic nitrogens is 2. The zero-order valence-electron chi connectivity index (χ0n) is 11.5. The van der Waals surface area contributed by atoms with Crippen molar-refractivity contribution in [1.29, 1.82) is 0 Å². The zero-order valence-corrected chi connectivity index (χ0v) is 11.5. The monoisotopic (exact) mass is 270 g/mol. The molecule has 1 amide bonds. The predicted molar refractivity (Wildman–Crippen MR) is 78.6 cm³/mol. The Bertz CT molecular complexity index is 571. The van der Waals surface area contributed by atoms with Gasteiger partial charge in [0.25, 0.3) is 5.91 Å². The number of nitrogens with two attached hydrogens (primary N) is 1. The molecule has 0 bridgehead atoms. The quantitative estimate of drug-likeness (QED) is 0.899. The maximum absolute atomic E-state index is 12.6. The van der Waals surface area contributed by atoms with Gasteiger partial charge in [0, 0.05) is 24.6 Å². The first-order valence-electron chi connectivity index (χ1n) is 6.56. The van der Waals surface area contributed by atoms with Crippen LogP contribution in [0.2, 0.25) is 0 Å². The van der Waals surface area contributed by atoms with Gasteiger partial charge in [-0.1, -0.05) is 18.2 Å². The molecule has 2 aromatic rings. The fourth-order valence-electron chi connectivity index (χ4n) is 2.01. The smallest absolute Gasteiger partial charge is 0.261 e. The minimum absolute atomic E-state index is 0.103. The van der Waals surface area contributed by atoms with E-state index in [1.165, 1.54) is 18.7 Å². The van der Waals surface area contributed by atoms with Crippen LogP contribution in [0.4, 0.5) is 5.69 Å². The summed E-state index contributed by atoms with van der Waals surface area (Å²) < 4.78 is 0. The van der Waals surface area contributed by atoms with E-state index in [0.717, 1.165) is 17.7 Å². The lowest BCUT2D eigenvalue weighted by Crippen LogP contribution is -2.33. The molecule has 0 spiro atoms. The van der Waals surface area contributed by atoms with Crippen LogP contribution in [0, 0.1) is 6.92 Å². The van der Waals surface area contributed by atoms with E-state index >= 15 is 0 Å². The summed E-state index contributed by atoms with van der Waals surface area (Å²) in [5, 5.41) is 0. The van der Waals surface area contributed by atoms with Crippen molar-refractivity contribution in [3.63, 3.8) is 0 Å². The number of nitrogens with zero attached hydrogens (tertiary/aromatic N) is 3. The van der Waals surface area contributed by atoms with E-state index in [4.69, 9.17) is 5.73 Å². The number of hydrogen-bond donors (Lipinski definition) is 1. The highest BCUT2D eigenvalue weighted by atomic mass is 16.2. The molecular weight excluding hydrogens is 252 g/mol. The van der Waals surface area contributed by atoms with Gasteiger partial charge in [-0.05, 0) is 31.5 Å². The standard InChI is InChI=1S/C15H18N4O/c1-12-5-2-3-6-14(12)19(8-4-7-16)15(20)13-9-17-11-18-10-13/h2-3,5-6,9-11H,4,7-8,16H2,1H3. The molecule has 2 N–H and O–H groups in total. The Morgan fingerprint density at radius 3 is 2.60 bits per heavy atom. The lowest BCUT2D eigenvalue weighted by Gasteiger charge is -2.24. The zero-order chi connectivity index (χ0) is 14.4. The number of aryl methyl sites for hydroxylation is 1. The van der Waals surface area contributed by atoms with Crippen LogP contribution in [0.5, 0.6) is 0 Å². The van der Waals surface area contributed by atoms with Gasteiger partial charge in [0.05, 0.1) is 5.56 Å². The van der Waals surface area contributed by atoms with E-state index in [9.17, 15) is 4.79 Å². The number of benzene rings is 1. The Balaban J connectivity index is 2.33. The third-order valence-corrected chi connectivity index (χ3v) is 3.04. The first kappa shape index (κ1) is 14.1. The summed E-state index contributed by atoms with van der Waals surface area (Å²) in [6, 6.07) is 7.80. The van der Waals surface area contributed by atoms with Crippen LogP contribution in [-0.2, 0) is 0 Å². The Morgan fingerprint density at radius 1 is 1.25 bits per heavy atom. The summed E-state index contributed by atoms with van der Waals surface area (Å²) in [5.74, 6) is -0.103. The van der Waals surface area contributed by atoms with Gasteiger partial charge in [-0.2, -0.15) is 0 Å². The van der Waals surface area contributed by atoms with Crippen molar-refractivity contribution in [3.05, 3.63) is 54.1 Å². The number of carbonyl (C=O) groups excluding carboxylic acids is 1. The molecule has 5 heteroatoms. The Morgan fingerprint density at radius 2 is 1.95 bits per heavy atom. The average Bonchev–Trinajstić information content (AvgIpc) is 2.50. The largest absolute Gasteiger partial charge is 0.330 e. The predicted octanol–water partition coefficient (Wildman–Crippen LogP) is 1.78. The summed E-state index contributed by atoms with van der Waals surface area (Å²) in [6.07, 6.45) is 5.22. The van der Waals surface area contributed by atoms with Crippen LogP contribution in [0.1, 0.15) is 22.3 Å². The molecule has 104 valence electrons. The van der Waals surface area contributed by atoms with Crippen molar-refractivity contribution in [2.45, 2.75) is 13.3 Å². The average molecular weight is 270 g/mol. The number of rotatable bonds is 5. The third kappa shape index (κ3) is 3.19. The fraction of sp³-hybridized carbons (Fsp3) is 0.267. The van der Waals surface area contributed by atoms with E-state index in [0.29, 0.717) is 18.7 Å². The van der Waals surface area contributed by atoms with Crippen LogP contribution in [-0.4, -0.2) is 29.0 Å². The normalized spacial score (nSPS) is 10.3. The number of amides is 1. The molecule has 2 rings (SSSR count). The molecule has 0 aliphatic heterocycles. The molecule has 1 aromatic heterocycles. The Kier molecular flexibility index (Phi) is 4.79. The number of anilines is 1. The molecule has 0 saturated carbocycles. The molecule has 0 aliphatic carbocycles. The maximum atomic E-state index is 12.6. The summed E-state index contributed by atoms with van der Waals surface area (Å²) in [7, 11) is 0. The van der Waals surface area contributed by atoms with E-state index < -0.39 is 0 Å². The molecule has 0 saturated heterocycles. The van der Waals surface area contributed by atoms with Crippen LogP contribution in [0.15, 0.2) is 43.0 Å². The van der Waals surface area contributed by atoms with Crippen LogP contribution in [0.25, 0.3) is 0 Å². The van der Waals surface area contributed by atoms with Gasteiger partial charge in [0.2, 0.25) is 0 Å². The van der Waals surface area contributed by atoms with E-state index in [2.05, 4.69) is 9.97 Å². The SMILES string of the molecule is Cc1ccccc1N(CCCN)C(=O)c1cncnc1. The Labute approximate surface area is 118 Å². The molecule has 1 aromatic carbocycles. The second-order valence-electron chi connectivity index (χ2n) is 4.51. The lowest BCUT2D eigenvalue weighted by molar-refractivity contribution is 0.0986. The highest BCUT2D eigenvalue weighted by Gasteiger charge is 2.18. The van der Waals surface area contributed by atoms with Gasteiger partial charge in [0.1, 0.15) is 6.33 Å². The second kappa shape index (κ2) is 6.77. The van der Waals surface area contributed by atoms with Crippen molar-refractivity contribution in [2.24, 2.45) is 5.73 Å². The second-order valence-corrected chi connectivity index (χ2v) is 4.51. The highest BCUT2D eigenvalue weighted by molar-refractivity contribution is 6.06. The first-order chi connectivity index (χ1) is 9.74. The minimum atomic E-state index is -0.103. The number of hydrogen-bond acceptors (Lipinski definition) is 4. The molecule has 20 heavy (non-hydrogen) atoms. The Hall–Kier alpha value is -2.27. The van der Waals surface area contributed by atoms with Crippen LogP contribution in [0.3, 0.4) is 0 Å². The summed E-state index contributed by atoms with van der Waals surface area (Å²) >= 11 is 0. The van der Waals surface area contributed by atoms with Gasteiger partial charge in [-0.3, -0.25) is 4.79 Å². The molecule has 1 heterocycles. The molecule has 0 aliphatic rings. The summed E-state index contributed by atoms with van der Waals surface area (Å²) in [6.45, 7) is 3.11. The fourth-order valence-corrected chi connectivity index (χ4v) is 2.01. The lowest BCUT2D eigenvalue weighted by atomic mass is 10.1. The van der Waals surface area contributed by atoms with Gasteiger partial charge in [-0.25, -0.2) is 9.97 Å². The van der Waals surface area contributed by atoms with Gasteiger partial charge >= 0.3 is 0 Å².